The van der Waals surface area contributed by atoms with Gasteiger partial charge in [0.2, 0.25) is 0 Å². The van der Waals surface area contributed by atoms with Gasteiger partial charge in [-0.3, -0.25) is 0 Å². The van der Waals surface area contributed by atoms with Crippen LogP contribution in [0.1, 0.15) is 0 Å². The number of ether oxygens (including phenoxy) is 3. The first-order chi connectivity index (χ1) is 11.1. The Bertz CT molecular complexity index is 493. The fourth-order valence-electron chi connectivity index (χ4n) is 2.45. The van der Waals surface area contributed by atoms with E-state index in [0.29, 0.717) is 0 Å². The van der Waals surface area contributed by atoms with Gasteiger partial charge in [-0.1, -0.05) is 0 Å². The topological polar surface area (TPSA) is 209 Å². The number of rotatable bonds is 4. The van der Waals surface area contributed by atoms with E-state index in [0.717, 1.165) is 0 Å². The molecule has 0 saturated carbocycles. The zero-order chi connectivity index (χ0) is 18.2. The van der Waals surface area contributed by atoms with E-state index < -0.39 is 73.7 Å². The van der Waals surface area contributed by atoms with Gasteiger partial charge in [-0.05, 0) is 0 Å². The number of carbonyl (C=O) groups is 2. The third-order valence-corrected chi connectivity index (χ3v) is 3.82. The van der Waals surface area contributed by atoms with Gasteiger partial charge in [0.1, 0.15) is 48.8 Å². The Morgan fingerprint density at radius 3 is 1.81 bits per heavy atom. The minimum Gasteiger partial charge on any atom is -0.547 e. The van der Waals surface area contributed by atoms with Crippen LogP contribution >= 0.6 is 0 Å². The van der Waals surface area contributed by atoms with Crippen LogP contribution < -0.4 is 69.3 Å². The summed E-state index contributed by atoms with van der Waals surface area (Å²) in [6, 6.07) is 0. The van der Waals surface area contributed by atoms with Gasteiger partial charge in [-0.25, -0.2) is 0 Å². The Labute approximate surface area is 191 Å². The monoisotopic (exact) mass is 398 g/mol. The largest absolute Gasteiger partial charge is 1.00 e. The Kier molecular flexibility index (Phi) is 11.2. The summed E-state index contributed by atoms with van der Waals surface area (Å²) >= 11 is 0. The van der Waals surface area contributed by atoms with Crippen molar-refractivity contribution in [1.82, 2.24) is 0 Å². The van der Waals surface area contributed by atoms with Crippen LogP contribution in [0.5, 0.6) is 0 Å². The number of hydrogen-bond acceptors (Lipinski definition) is 12. The fourth-order valence-corrected chi connectivity index (χ4v) is 2.45. The second-order valence-corrected chi connectivity index (χ2v) is 5.44. The summed E-state index contributed by atoms with van der Waals surface area (Å²) in [4.78, 5) is 21.6. The van der Waals surface area contributed by atoms with E-state index in [1.165, 1.54) is 0 Å². The molecule has 138 valence electrons. The molecule has 0 amide bonds. The molecular weight excluding hydrogens is 382 g/mol. The third-order valence-electron chi connectivity index (χ3n) is 3.82. The summed E-state index contributed by atoms with van der Waals surface area (Å²) in [5.41, 5.74) is 0. The van der Waals surface area contributed by atoms with Crippen molar-refractivity contribution in [1.29, 1.82) is 0 Å². The van der Waals surface area contributed by atoms with Crippen molar-refractivity contribution < 1.29 is 119 Å². The predicted octanol–water partition coefficient (Wildman–Crippen LogP) is -13.2. The van der Waals surface area contributed by atoms with E-state index in [2.05, 4.69) is 0 Å². The molecule has 9 unspecified atom stereocenters. The smallest absolute Gasteiger partial charge is 0.547 e. The average molecular weight is 398 g/mol. The minimum atomic E-state index is -2.02. The average Bonchev–Trinajstić information content (AvgIpc) is 2.51. The molecule has 0 aromatic carbocycles. The van der Waals surface area contributed by atoms with E-state index >= 15 is 0 Å². The molecule has 2 aliphatic rings. The molecule has 0 aromatic heterocycles. The molecule has 0 aromatic rings. The zero-order valence-electron chi connectivity index (χ0n) is 14.0. The van der Waals surface area contributed by atoms with Crippen molar-refractivity contribution in [3.05, 3.63) is 0 Å². The molecule has 5 N–H and O–H groups in total. The van der Waals surface area contributed by atoms with Gasteiger partial charge in [0.15, 0.2) is 6.29 Å². The molecule has 2 aliphatic heterocycles. The molecule has 0 bridgehead atoms. The second kappa shape index (κ2) is 11.0. The normalized spacial score (nSPS) is 42.9. The quantitative estimate of drug-likeness (QED) is 0.280. The summed E-state index contributed by atoms with van der Waals surface area (Å²) in [7, 11) is 0. The van der Waals surface area contributed by atoms with Gasteiger partial charge >= 0.3 is 59.1 Å². The van der Waals surface area contributed by atoms with Crippen LogP contribution in [-0.2, 0) is 23.8 Å². The van der Waals surface area contributed by atoms with Gasteiger partial charge in [0, 0.05) is 0 Å². The zero-order valence-corrected chi connectivity index (χ0v) is 18.0. The molecule has 0 aliphatic carbocycles. The summed E-state index contributed by atoms with van der Waals surface area (Å²) < 4.78 is 14.6. The van der Waals surface area contributed by atoms with Crippen LogP contribution in [0.4, 0.5) is 0 Å². The molecule has 2 rings (SSSR count). The maximum absolute atomic E-state index is 10.9. The van der Waals surface area contributed by atoms with Gasteiger partial charge in [0.25, 0.3) is 0 Å². The van der Waals surface area contributed by atoms with Crippen molar-refractivity contribution in [2.75, 3.05) is 6.61 Å². The summed E-state index contributed by atoms with van der Waals surface area (Å²) in [6.07, 6.45) is -16.6. The maximum Gasteiger partial charge on any atom is 1.00 e. The van der Waals surface area contributed by atoms with Crippen LogP contribution in [0.3, 0.4) is 0 Å². The maximum atomic E-state index is 10.9. The molecule has 2 heterocycles. The van der Waals surface area contributed by atoms with Gasteiger partial charge < -0.3 is 59.5 Å². The number of aliphatic hydroxyl groups excluding tert-OH is 5. The van der Waals surface area contributed by atoms with Crippen molar-refractivity contribution in [3.8, 4) is 0 Å². The Hall–Kier alpha value is 0.620. The third kappa shape index (κ3) is 5.58. The molecule has 12 nitrogen and oxygen atoms in total. The molecule has 2 saturated heterocycles. The van der Waals surface area contributed by atoms with Crippen molar-refractivity contribution >= 4 is 11.9 Å². The Morgan fingerprint density at radius 1 is 0.808 bits per heavy atom. The van der Waals surface area contributed by atoms with Crippen LogP contribution in [0.25, 0.3) is 0 Å². The molecular formula is C12H16Na2O12. The fraction of sp³-hybridized carbons (Fsp3) is 0.833. The van der Waals surface area contributed by atoms with Crippen LogP contribution in [0, 0.1) is 0 Å². The molecule has 14 heteroatoms. The number of hydrogen-bond donors (Lipinski definition) is 5. The van der Waals surface area contributed by atoms with E-state index in [1.807, 2.05) is 0 Å². The number of aliphatic hydroxyl groups is 5. The number of carboxylic acid groups (broad SMARTS) is 2. The van der Waals surface area contributed by atoms with Crippen molar-refractivity contribution in [3.63, 3.8) is 0 Å². The summed E-state index contributed by atoms with van der Waals surface area (Å²) in [6.45, 7) is -0.557. The molecule has 26 heavy (non-hydrogen) atoms. The SMILES string of the molecule is O=C([O-])C1OCC(OC2OC(C(=O)[O-])C(O)C(O)C2O)C(O)C1O.[Na+].[Na+]. The van der Waals surface area contributed by atoms with Gasteiger partial charge in [-0.2, -0.15) is 0 Å². The van der Waals surface area contributed by atoms with Crippen molar-refractivity contribution in [2.45, 2.75) is 55.1 Å². The first-order valence-corrected chi connectivity index (χ1v) is 6.89. The molecule has 0 spiro atoms. The second-order valence-electron chi connectivity index (χ2n) is 5.44. The first kappa shape index (κ1) is 26.6. The summed E-state index contributed by atoms with van der Waals surface area (Å²) in [5, 5.41) is 69.9. The first-order valence-electron chi connectivity index (χ1n) is 6.89. The Balaban J connectivity index is 0.00000312. The van der Waals surface area contributed by atoms with E-state index in [4.69, 9.17) is 14.2 Å². The Morgan fingerprint density at radius 2 is 1.31 bits per heavy atom. The number of aliphatic carboxylic acids is 2. The standard InChI is InChI=1S/C12H18O12.2Na/c13-3-2(1-22-8(5(3)15)10(18)19)23-12-7(17)4(14)6(16)9(24-12)11(20)21;;/h2-9,12-17H,1H2,(H,18,19)(H,20,21);;/q;2*+1/p-2. The summed E-state index contributed by atoms with van der Waals surface area (Å²) in [5.74, 6) is -3.64. The van der Waals surface area contributed by atoms with E-state index in [-0.39, 0.29) is 59.1 Å². The van der Waals surface area contributed by atoms with Crippen LogP contribution in [0.15, 0.2) is 0 Å². The van der Waals surface area contributed by atoms with Gasteiger partial charge in [-0.15, -0.1) is 0 Å². The van der Waals surface area contributed by atoms with E-state index in [9.17, 15) is 45.3 Å². The number of carbonyl (C=O) groups excluding carboxylic acids is 2. The van der Waals surface area contributed by atoms with Crippen LogP contribution in [0.2, 0.25) is 0 Å². The van der Waals surface area contributed by atoms with Gasteiger partial charge in [0.05, 0.1) is 18.5 Å². The van der Waals surface area contributed by atoms with Crippen molar-refractivity contribution in [2.24, 2.45) is 0 Å². The predicted molar refractivity (Wildman–Crippen MR) is 63.3 cm³/mol. The number of carboxylic acids is 2. The molecule has 9 atom stereocenters. The molecule has 2 fully saturated rings. The molecule has 0 radical (unpaired) electrons. The van der Waals surface area contributed by atoms with Crippen LogP contribution in [-0.4, -0.2) is 99.2 Å². The van der Waals surface area contributed by atoms with E-state index in [1.54, 1.807) is 0 Å². The minimum absolute atomic E-state index is 0.